The number of hydrogen-bond acceptors (Lipinski definition) is 1. The lowest BCUT2D eigenvalue weighted by Gasteiger charge is -2.26. The molecule has 2 aromatic carbocycles. The lowest BCUT2D eigenvalue weighted by molar-refractivity contribution is -0.130. The molecule has 0 fully saturated rings. The molecule has 1 N–H and O–H groups in total. The highest BCUT2D eigenvalue weighted by Gasteiger charge is 2.18. The summed E-state index contributed by atoms with van der Waals surface area (Å²) in [6, 6.07) is 18.7. The highest BCUT2D eigenvalue weighted by Crippen LogP contribution is 2.23. The monoisotopic (exact) mass is 330 g/mol. The number of hydrogen-bond donors (Lipinski definition) is 1. The van der Waals surface area contributed by atoms with E-state index in [-0.39, 0.29) is 5.91 Å². The third-order valence-electron chi connectivity index (χ3n) is 4.99. The van der Waals surface area contributed by atoms with E-state index in [9.17, 15) is 4.79 Å². The zero-order valence-corrected chi connectivity index (χ0v) is 14.2. The molecule has 3 aromatic rings. The van der Waals surface area contributed by atoms with E-state index in [1.807, 2.05) is 29.3 Å². The number of rotatable bonds is 4. The van der Waals surface area contributed by atoms with Crippen LogP contribution < -0.4 is 0 Å². The molecule has 0 saturated carbocycles. The van der Waals surface area contributed by atoms with Gasteiger partial charge >= 0.3 is 0 Å². The molecule has 0 radical (unpaired) electrons. The van der Waals surface area contributed by atoms with E-state index in [0.717, 1.165) is 31.4 Å². The average molecular weight is 330 g/mol. The summed E-state index contributed by atoms with van der Waals surface area (Å²) in [7, 11) is 0. The van der Waals surface area contributed by atoms with Crippen molar-refractivity contribution in [2.24, 2.45) is 0 Å². The fourth-order valence-corrected chi connectivity index (χ4v) is 3.55. The van der Waals surface area contributed by atoms with Gasteiger partial charge in [-0.25, -0.2) is 0 Å². The van der Waals surface area contributed by atoms with E-state index in [2.05, 4.69) is 47.5 Å². The normalized spacial score (nSPS) is 14.6. The predicted octanol–water partition coefficient (Wildman–Crippen LogP) is 4.42. The predicted molar refractivity (Wildman–Crippen MR) is 102 cm³/mol. The van der Waals surface area contributed by atoms with Crippen LogP contribution in [0.1, 0.15) is 24.0 Å². The maximum absolute atomic E-state index is 12.6. The fraction of sp³-hybridized carbons (Fsp3) is 0.227. The van der Waals surface area contributed by atoms with Crippen LogP contribution in [0, 0.1) is 0 Å². The second-order valence-electron chi connectivity index (χ2n) is 6.54. The van der Waals surface area contributed by atoms with E-state index in [1.165, 1.54) is 22.1 Å². The van der Waals surface area contributed by atoms with Crippen molar-refractivity contribution < 1.29 is 4.79 Å². The third kappa shape index (κ3) is 3.36. The van der Waals surface area contributed by atoms with Crippen molar-refractivity contribution in [1.82, 2.24) is 9.88 Å². The summed E-state index contributed by atoms with van der Waals surface area (Å²) in [6.07, 6.45) is 6.51. The second-order valence-corrected chi connectivity index (χ2v) is 6.54. The Morgan fingerprint density at radius 1 is 1.04 bits per heavy atom. The maximum Gasteiger partial charge on any atom is 0.223 e. The van der Waals surface area contributed by atoms with Crippen molar-refractivity contribution >= 4 is 22.4 Å². The van der Waals surface area contributed by atoms with E-state index < -0.39 is 0 Å². The number of carbonyl (C=O) groups excluding carboxylic acids is 1. The molecule has 0 saturated heterocycles. The van der Waals surface area contributed by atoms with Gasteiger partial charge in [0, 0.05) is 36.6 Å². The van der Waals surface area contributed by atoms with Crippen LogP contribution in [0.4, 0.5) is 0 Å². The molecule has 25 heavy (non-hydrogen) atoms. The number of fused-ring (bicyclic) bond motifs is 1. The molecular formula is C22H22N2O. The first-order valence-electron chi connectivity index (χ1n) is 8.88. The zero-order valence-electron chi connectivity index (χ0n) is 14.2. The standard InChI is InChI=1S/C22H22N2O/c25-22(11-10-19-16-23-21-9-5-4-8-20(19)21)24-14-12-18(13-15-24)17-6-2-1-3-7-17/h1-9,12,16,23H,10-11,13-15H2. The molecule has 126 valence electrons. The summed E-state index contributed by atoms with van der Waals surface area (Å²) in [6.45, 7) is 1.53. The van der Waals surface area contributed by atoms with Crippen molar-refractivity contribution in [1.29, 1.82) is 0 Å². The molecule has 0 atom stereocenters. The first kappa shape index (κ1) is 15.7. The Morgan fingerprint density at radius 2 is 1.84 bits per heavy atom. The number of aromatic nitrogens is 1. The van der Waals surface area contributed by atoms with Gasteiger partial charge in [0.15, 0.2) is 0 Å². The SMILES string of the molecule is O=C(CCc1c[nH]c2ccccc12)N1CC=C(c2ccccc2)CC1. The van der Waals surface area contributed by atoms with Crippen molar-refractivity contribution in [3.8, 4) is 0 Å². The summed E-state index contributed by atoms with van der Waals surface area (Å²) >= 11 is 0. The Balaban J connectivity index is 1.37. The number of benzene rings is 2. The number of aryl methyl sites for hydroxylation is 1. The Morgan fingerprint density at radius 3 is 2.64 bits per heavy atom. The number of aromatic amines is 1. The van der Waals surface area contributed by atoms with E-state index in [0.29, 0.717) is 6.42 Å². The van der Waals surface area contributed by atoms with Crippen LogP contribution in [0.2, 0.25) is 0 Å². The van der Waals surface area contributed by atoms with Gasteiger partial charge in [0.1, 0.15) is 0 Å². The molecule has 1 aliphatic rings. The molecule has 1 aromatic heterocycles. The highest BCUT2D eigenvalue weighted by atomic mass is 16.2. The van der Waals surface area contributed by atoms with Gasteiger partial charge < -0.3 is 9.88 Å². The van der Waals surface area contributed by atoms with Crippen molar-refractivity contribution in [2.75, 3.05) is 13.1 Å². The lowest BCUT2D eigenvalue weighted by Crippen LogP contribution is -2.34. The minimum Gasteiger partial charge on any atom is -0.361 e. The summed E-state index contributed by atoms with van der Waals surface area (Å²) in [4.78, 5) is 17.8. The highest BCUT2D eigenvalue weighted by molar-refractivity contribution is 5.84. The Labute approximate surface area is 148 Å². The maximum atomic E-state index is 12.6. The number of nitrogens with one attached hydrogen (secondary N) is 1. The number of para-hydroxylation sites is 1. The van der Waals surface area contributed by atoms with Gasteiger partial charge in [-0.1, -0.05) is 54.6 Å². The van der Waals surface area contributed by atoms with Crippen LogP contribution in [0.15, 0.2) is 66.9 Å². The molecule has 0 bridgehead atoms. The number of nitrogens with zero attached hydrogens (tertiary/aromatic N) is 1. The van der Waals surface area contributed by atoms with Crippen LogP contribution in [0.3, 0.4) is 0 Å². The van der Waals surface area contributed by atoms with Gasteiger partial charge in [-0.2, -0.15) is 0 Å². The molecule has 4 rings (SSSR count). The van der Waals surface area contributed by atoms with Crippen molar-refractivity contribution in [2.45, 2.75) is 19.3 Å². The first-order chi connectivity index (χ1) is 12.3. The fourth-order valence-electron chi connectivity index (χ4n) is 3.55. The van der Waals surface area contributed by atoms with Crippen LogP contribution in [0.5, 0.6) is 0 Å². The molecular weight excluding hydrogens is 308 g/mol. The average Bonchev–Trinajstić information content (AvgIpc) is 3.10. The minimum atomic E-state index is 0.244. The van der Waals surface area contributed by atoms with E-state index in [1.54, 1.807) is 0 Å². The van der Waals surface area contributed by atoms with Crippen molar-refractivity contribution in [3.05, 3.63) is 78.0 Å². The largest absolute Gasteiger partial charge is 0.361 e. The topological polar surface area (TPSA) is 36.1 Å². The molecule has 3 nitrogen and oxygen atoms in total. The number of amides is 1. The quantitative estimate of drug-likeness (QED) is 0.755. The van der Waals surface area contributed by atoms with Gasteiger partial charge in [0.25, 0.3) is 0 Å². The van der Waals surface area contributed by atoms with Gasteiger partial charge in [-0.05, 0) is 35.6 Å². The van der Waals surface area contributed by atoms with Gasteiger partial charge in [0.2, 0.25) is 5.91 Å². The van der Waals surface area contributed by atoms with Crippen LogP contribution in [-0.4, -0.2) is 28.9 Å². The Bertz CT molecular complexity index is 908. The second kappa shape index (κ2) is 6.98. The van der Waals surface area contributed by atoms with E-state index in [4.69, 9.17) is 0 Å². The van der Waals surface area contributed by atoms with E-state index >= 15 is 0 Å². The molecule has 1 amide bonds. The summed E-state index contributed by atoms with van der Waals surface area (Å²) in [5.41, 5.74) is 4.98. The number of H-pyrrole nitrogens is 1. The van der Waals surface area contributed by atoms with Crippen molar-refractivity contribution in [3.63, 3.8) is 0 Å². The van der Waals surface area contributed by atoms with Crippen LogP contribution in [-0.2, 0) is 11.2 Å². The molecule has 0 spiro atoms. The lowest BCUT2D eigenvalue weighted by atomic mass is 9.99. The summed E-state index contributed by atoms with van der Waals surface area (Å²) in [5.74, 6) is 0.244. The zero-order chi connectivity index (χ0) is 17.1. The molecule has 1 aliphatic heterocycles. The number of carbonyl (C=O) groups is 1. The first-order valence-corrected chi connectivity index (χ1v) is 8.88. The molecule has 3 heteroatoms. The summed E-state index contributed by atoms with van der Waals surface area (Å²) < 4.78 is 0. The summed E-state index contributed by atoms with van der Waals surface area (Å²) in [5, 5.41) is 1.22. The van der Waals surface area contributed by atoms with Crippen LogP contribution >= 0.6 is 0 Å². The minimum absolute atomic E-state index is 0.244. The Kier molecular flexibility index (Phi) is 4.38. The molecule has 0 aliphatic carbocycles. The molecule has 0 unspecified atom stereocenters. The third-order valence-corrected chi connectivity index (χ3v) is 4.99. The Hall–Kier alpha value is -2.81. The van der Waals surface area contributed by atoms with Crippen LogP contribution in [0.25, 0.3) is 16.5 Å². The molecule has 2 heterocycles. The van der Waals surface area contributed by atoms with Gasteiger partial charge in [-0.3, -0.25) is 4.79 Å². The van der Waals surface area contributed by atoms with Gasteiger partial charge in [-0.15, -0.1) is 0 Å². The van der Waals surface area contributed by atoms with Gasteiger partial charge in [0.05, 0.1) is 0 Å². The smallest absolute Gasteiger partial charge is 0.223 e.